The van der Waals surface area contributed by atoms with Gasteiger partial charge in [-0.15, -0.1) is 0 Å². The Balaban J connectivity index is 1.55. The van der Waals surface area contributed by atoms with Crippen LogP contribution in [0.1, 0.15) is 18.2 Å². The molecule has 0 spiro atoms. The van der Waals surface area contributed by atoms with Gasteiger partial charge in [0.15, 0.2) is 5.96 Å². The van der Waals surface area contributed by atoms with Crippen molar-refractivity contribution in [2.75, 3.05) is 32.7 Å². The lowest BCUT2D eigenvalue weighted by atomic mass is 10.2. The summed E-state index contributed by atoms with van der Waals surface area (Å²) in [6.45, 7) is 7.97. The van der Waals surface area contributed by atoms with E-state index < -0.39 is 0 Å². The molecule has 0 atom stereocenters. The number of hydrogen-bond acceptors (Lipinski definition) is 4. The lowest BCUT2D eigenvalue weighted by Crippen LogP contribution is -2.52. The van der Waals surface area contributed by atoms with Gasteiger partial charge in [0.25, 0.3) is 0 Å². The first-order valence-electron chi connectivity index (χ1n) is 8.64. The zero-order chi connectivity index (χ0) is 17.5. The van der Waals surface area contributed by atoms with Crippen molar-refractivity contribution in [3.8, 4) is 0 Å². The third-order valence-corrected chi connectivity index (χ3v) is 4.21. The van der Waals surface area contributed by atoms with Crippen molar-refractivity contribution in [1.29, 1.82) is 0 Å². The molecule has 0 unspecified atom stereocenters. The average Bonchev–Trinajstić information content (AvgIpc) is 3.14. The first-order chi connectivity index (χ1) is 12.2. The number of hydrogen-bond donors (Lipinski definition) is 1. The molecule has 2 heterocycles. The van der Waals surface area contributed by atoms with Gasteiger partial charge in [-0.25, -0.2) is 9.38 Å². The molecule has 25 heavy (non-hydrogen) atoms. The van der Waals surface area contributed by atoms with E-state index in [0.717, 1.165) is 56.5 Å². The summed E-state index contributed by atoms with van der Waals surface area (Å²) in [7, 11) is 0. The van der Waals surface area contributed by atoms with Gasteiger partial charge in [0, 0.05) is 45.3 Å². The van der Waals surface area contributed by atoms with E-state index >= 15 is 0 Å². The number of aliphatic imine (C=N–C) groups is 1. The molecule has 1 N–H and O–H groups in total. The summed E-state index contributed by atoms with van der Waals surface area (Å²) in [4.78, 5) is 9.33. The molecule has 134 valence electrons. The Bertz CT molecular complexity index is 663. The summed E-state index contributed by atoms with van der Waals surface area (Å²) in [5.74, 6) is 0.691. The van der Waals surface area contributed by atoms with Crippen molar-refractivity contribution in [2.24, 2.45) is 4.99 Å². The van der Waals surface area contributed by atoms with Crippen LogP contribution in [0, 0.1) is 5.82 Å². The zero-order valence-corrected chi connectivity index (χ0v) is 14.5. The molecule has 6 nitrogen and oxygen atoms in total. The van der Waals surface area contributed by atoms with Gasteiger partial charge in [-0.1, -0.05) is 17.3 Å². The summed E-state index contributed by atoms with van der Waals surface area (Å²) in [5.41, 5.74) is 1.96. The lowest BCUT2D eigenvalue weighted by molar-refractivity contribution is 0.169. The number of piperazine rings is 1. The highest BCUT2D eigenvalue weighted by Gasteiger charge is 2.20. The molecule has 0 amide bonds. The standard InChI is InChI=1S/C18H24FN5O/c1-2-20-18(21-13-15-3-5-16(19)6-4-15)24-10-8-23(9-11-24)14-17-7-12-25-22-17/h3-7,12H,2,8-11,13-14H2,1H3,(H,20,21). The second-order valence-electron chi connectivity index (χ2n) is 6.05. The maximum atomic E-state index is 13.0. The van der Waals surface area contributed by atoms with E-state index in [2.05, 4.69) is 27.2 Å². The zero-order valence-electron chi connectivity index (χ0n) is 14.5. The summed E-state index contributed by atoms with van der Waals surface area (Å²) < 4.78 is 17.9. The number of aromatic nitrogens is 1. The smallest absolute Gasteiger partial charge is 0.194 e. The predicted molar refractivity (Wildman–Crippen MR) is 94.6 cm³/mol. The van der Waals surface area contributed by atoms with Crippen LogP contribution < -0.4 is 5.32 Å². The summed E-state index contributed by atoms with van der Waals surface area (Å²) >= 11 is 0. The maximum Gasteiger partial charge on any atom is 0.194 e. The third-order valence-electron chi connectivity index (χ3n) is 4.21. The fourth-order valence-corrected chi connectivity index (χ4v) is 2.85. The van der Waals surface area contributed by atoms with Gasteiger partial charge in [-0.2, -0.15) is 0 Å². The number of guanidine groups is 1. The largest absolute Gasteiger partial charge is 0.364 e. The van der Waals surface area contributed by atoms with Gasteiger partial charge in [0.1, 0.15) is 12.1 Å². The molecule has 0 radical (unpaired) electrons. The van der Waals surface area contributed by atoms with E-state index in [1.807, 2.05) is 6.07 Å². The normalized spacial score (nSPS) is 16.2. The van der Waals surface area contributed by atoms with Gasteiger partial charge in [0.2, 0.25) is 0 Å². The van der Waals surface area contributed by atoms with Crippen LogP contribution in [-0.4, -0.2) is 53.6 Å². The number of rotatable bonds is 5. The van der Waals surface area contributed by atoms with E-state index in [1.54, 1.807) is 18.4 Å². The summed E-state index contributed by atoms with van der Waals surface area (Å²) in [5, 5.41) is 7.32. The monoisotopic (exact) mass is 345 g/mol. The van der Waals surface area contributed by atoms with Crippen molar-refractivity contribution in [2.45, 2.75) is 20.0 Å². The molecule has 3 rings (SSSR count). The molecular weight excluding hydrogens is 321 g/mol. The highest BCUT2D eigenvalue weighted by Crippen LogP contribution is 2.09. The Hall–Kier alpha value is -2.41. The Morgan fingerprint density at radius 2 is 1.96 bits per heavy atom. The van der Waals surface area contributed by atoms with Crippen molar-refractivity contribution in [3.05, 3.63) is 53.7 Å². The van der Waals surface area contributed by atoms with Gasteiger partial charge in [0.05, 0.1) is 12.2 Å². The van der Waals surface area contributed by atoms with Crippen molar-refractivity contribution < 1.29 is 8.91 Å². The van der Waals surface area contributed by atoms with Gasteiger partial charge < -0.3 is 14.7 Å². The van der Waals surface area contributed by atoms with Crippen LogP contribution in [0.15, 0.2) is 46.1 Å². The number of nitrogens with zero attached hydrogens (tertiary/aromatic N) is 4. The molecule has 0 bridgehead atoms. The SMILES string of the molecule is CCNC(=NCc1ccc(F)cc1)N1CCN(Cc2ccon2)CC1. The fraction of sp³-hybridized carbons (Fsp3) is 0.444. The first-order valence-corrected chi connectivity index (χ1v) is 8.64. The molecule has 1 aliphatic rings. The molecule has 2 aromatic rings. The first kappa shape index (κ1) is 17.4. The van der Waals surface area contributed by atoms with Crippen LogP contribution in [0.3, 0.4) is 0 Å². The van der Waals surface area contributed by atoms with Crippen LogP contribution in [0.5, 0.6) is 0 Å². The molecule has 7 heteroatoms. The van der Waals surface area contributed by atoms with Crippen molar-refractivity contribution >= 4 is 5.96 Å². The molecule has 1 fully saturated rings. The van der Waals surface area contributed by atoms with Gasteiger partial charge in [-0.05, 0) is 24.6 Å². The van der Waals surface area contributed by atoms with E-state index in [9.17, 15) is 4.39 Å². The maximum absolute atomic E-state index is 13.0. The van der Waals surface area contributed by atoms with Crippen molar-refractivity contribution in [3.63, 3.8) is 0 Å². The molecule has 0 aliphatic carbocycles. The van der Waals surface area contributed by atoms with Crippen LogP contribution in [0.4, 0.5) is 4.39 Å². The molecule has 1 saturated heterocycles. The lowest BCUT2D eigenvalue weighted by Gasteiger charge is -2.36. The third kappa shape index (κ3) is 5.03. The molecular formula is C18H24FN5O. The minimum atomic E-state index is -0.220. The summed E-state index contributed by atoms with van der Waals surface area (Å²) in [6, 6.07) is 8.40. The minimum Gasteiger partial charge on any atom is -0.364 e. The number of benzene rings is 1. The van der Waals surface area contributed by atoms with Gasteiger partial charge in [-0.3, -0.25) is 4.90 Å². The number of nitrogens with one attached hydrogen (secondary N) is 1. The molecule has 1 aromatic carbocycles. The molecule has 0 saturated carbocycles. The minimum absolute atomic E-state index is 0.220. The Morgan fingerprint density at radius 1 is 1.20 bits per heavy atom. The Labute approximate surface area is 147 Å². The van der Waals surface area contributed by atoms with E-state index in [0.29, 0.717) is 6.54 Å². The van der Waals surface area contributed by atoms with Crippen LogP contribution in [0.25, 0.3) is 0 Å². The van der Waals surface area contributed by atoms with E-state index in [4.69, 9.17) is 9.52 Å². The fourth-order valence-electron chi connectivity index (χ4n) is 2.85. The van der Waals surface area contributed by atoms with Crippen LogP contribution in [0.2, 0.25) is 0 Å². The quantitative estimate of drug-likeness (QED) is 0.664. The van der Waals surface area contributed by atoms with Crippen LogP contribution in [-0.2, 0) is 13.1 Å². The Kier molecular flexibility index (Phi) is 6.00. The van der Waals surface area contributed by atoms with Gasteiger partial charge >= 0.3 is 0 Å². The second-order valence-corrected chi connectivity index (χ2v) is 6.05. The van der Waals surface area contributed by atoms with E-state index in [1.165, 1.54) is 12.1 Å². The Morgan fingerprint density at radius 3 is 2.60 bits per heavy atom. The highest BCUT2D eigenvalue weighted by molar-refractivity contribution is 5.80. The van der Waals surface area contributed by atoms with E-state index in [-0.39, 0.29) is 5.82 Å². The molecule has 1 aromatic heterocycles. The van der Waals surface area contributed by atoms with Crippen LogP contribution >= 0.6 is 0 Å². The molecule has 1 aliphatic heterocycles. The summed E-state index contributed by atoms with van der Waals surface area (Å²) in [6.07, 6.45) is 1.61. The number of halogens is 1. The highest BCUT2D eigenvalue weighted by atomic mass is 19.1. The predicted octanol–water partition coefficient (Wildman–Crippen LogP) is 2.10. The topological polar surface area (TPSA) is 56.9 Å². The average molecular weight is 345 g/mol. The van der Waals surface area contributed by atoms with Crippen molar-refractivity contribution in [1.82, 2.24) is 20.3 Å². The second kappa shape index (κ2) is 8.62.